The summed E-state index contributed by atoms with van der Waals surface area (Å²) in [6.07, 6.45) is 1.67. The molecule has 0 unspecified atom stereocenters. The topological polar surface area (TPSA) is 44.1 Å². The molecule has 0 saturated heterocycles. The highest BCUT2D eigenvalue weighted by atomic mass is 19.1. The summed E-state index contributed by atoms with van der Waals surface area (Å²) in [6.45, 7) is 1.78. The van der Waals surface area contributed by atoms with Gasteiger partial charge in [-0.1, -0.05) is 0 Å². The van der Waals surface area contributed by atoms with Crippen LogP contribution in [-0.4, -0.2) is 15.6 Å². The van der Waals surface area contributed by atoms with Gasteiger partial charge in [0.25, 0.3) is 0 Å². The zero-order chi connectivity index (χ0) is 16.2. The molecule has 3 rings (SSSR count). The molecule has 0 saturated carbocycles. The van der Waals surface area contributed by atoms with Gasteiger partial charge < -0.3 is 4.74 Å². The predicted molar refractivity (Wildman–Crippen MR) is 84.8 cm³/mol. The van der Waals surface area contributed by atoms with Gasteiger partial charge in [-0.25, -0.2) is 4.39 Å². The van der Waals surface area contributed by atoms with Crippen molar-refractivity contribution in [3.63, 3.8) is 0 Å². The van der Waals surface area contributed by atoms with Gasteiger partial charge in [0.1, 0.15) is 17.3 Å². The summed E-state index contributed by atoms with van der Waals surface area (Å²) in [5.41, 5.74) is 1.81. The second kappa shape index (κ2) is 6.44. The summed E-state index contributed by atoms with van der Waals surface area (Å²) in [5.74, 6) is 0.969. The van der Waals surface area contributed by atoms with Crippen LogP contribution in [0.3, 0.4) is 0 Å². The maximum Gasteiger partial charge on any atom is 0.151 e. The van der Waals surface area contributed by atoms with E-state index in [1.807, 2.05) is 30.3 Å². The largest absolute Gasteiger partial charge is 0.457 e. The van der Waals surface area contributed by atoms with Crippen LogP contribution in [0.2, 0.25) is 0 Å². The lowest BCUT2D eigenvalue weighted by atomic mass is 10.1. The highest BCUT2D eigenvalue weighted by molar-refractivity contribution is 5.76. The van der Waals surface area contributed by atoms with Gasteiger partial charge in [-0.15, -0.1) is 0 Å². The molecule has 0 bridgehead atoms. The van der Waals surface area contributed by atoms with Crippen LogP contribution in [0, 0.1) is 5.82 Å². The molecular weight excluding hydrogens is 295 g/mol. The van der Waals surface area contributed by atoms with Crippen molar-refractivity contribution in [2.24, 2.45) is 0 Å². The SMILES string of the molecule is CC(=O)Cn1nccc1-c1ccc(Oc2ccc(F)cc2)cc1. The maximum atomic E-state index is 12.9. The molecule has 0 radical (unpaired) electrons. The van der Waals surface area contributed by atoms with Gasteiger partial charge in [0.2, 0.25) is 0 Å². The molecule has 0 atom stereocenters. The number of carbonyl (C=O) groups excluding carboxylic acids is 1. The number of rotatable bonds is 5. The quantitative estimate of drug-likeness (QED) is 0.713. The van der Waals surface area contributed by atoms with Crippen LogP contribution < -0.4 is 4.74 Å². The van der Waals surface area contributed by atoms with Crippen LogP contribution >= 0.6 is 0 Å². The van der Waals surface area contributed by atoms with Gasteiger partial charge >= 0.3 is 0 Å². The zero-order valence-corrected chi connectivity index (χ0v) is 12.6. The third-order valence-corrected chi connectivity index (χ3v) is 3.29. The van der Waals surface area contributed by atoms with E-state index in [4.69, 9.17) is 4.74 Å². The molecule has 0 spiro atoms. The molecule has 0 aliphatic heterocycles. The smallest absolute Gasteiger partial charge is 0.151 e. The van der Waals surface area contributed by atoms with Crippen LogP contribution in [0.1, 0.15) is 6.92 Å². The van der Waals surface area contributed by atoms with Gasteiger partial charge in [0.05, 0.1) is 12.2 Å². The van der Waals surface area contributed by atoms with E-state index in [0.29, 0.717) is 11.5 Å². The van der Waals surface area contributed by atoms with E-state index in [9.17, 15) is 9.18 Å². The molecule has 3 aromatic rings. The van der Waals surface area contributed by atoms with Gasteiger partial charge in [0.15, 0.2) is 5.78 Å². The molecule has 0 aliphatic carbocycles. The Bertz CT molecular complexity index is 808. The van der Waals surface area contributed by atoms with E-state index in [-0.39, 0.29) is 18.1 Å². The normalized spacial score (nSPS) is 10.5. The lowest BCUT2D eigenvalue weighted by Gasteiger charge is -2.08. The first kappa shape index (κ1) is 15.0. The van der Waals surface area contributed by atoms with Crippen molar-refractivity contribution in [1.29, 1.82) is 0 Å². The van der Waals surface area contributed by atoms with Crippen LogP contribution in [0.15, 0.2) is 60.8 Å². The number of benzene rings is 2. The van der Waals surface area contributed by atoms with E-state index in [0.717, 1.165) is 11.3 Å². The average Bonchev–Trinajstić information content (AvgIpc) is 2.98. The number of carbonyl (C=O) groups is 1. The standard InChI is InChI=1S/C18H15FN2O2/c1-13(22)12-21-18(10-11-20-21)14-2-6-16(7-3-14)23-17-8-4-15(19)5-9-17/h2-11H,12H2,1H3. The Labute approximate surface area is 133 Å². The van der Waals surface area contributed by atoms with Crippen molar-refractivity contribution < 1.29 is 13.9 Å². The highest BCUT2D eigenvalue weighted by Gasteiger charge is 2.07. The summed E-state index contributed by atoms with van der Waals surface area (Å²) < 4.78 is 20.2. The number of hydrogen-bond acceptors (Lipinski definition) is 3. The molecule has 0 amide bonds. The van der Waals surface area contributed by atoms with Crippen molar-refractivity contribution in [1.82, 2.24) is 9.78 Å². The van der Waals surface area contributed by atoms with E-state index in [1.54, 1.807) is 23.0 Å². The summed E-state index contributed by atoms with van der Waals surface area (Å²) in [4.78, 5) is 11.3. The molecule has 116 valence electrons. The number of ether oxygens (including phenoxy) is 1. The van der Waals surface area contributed by atoms with Gasteiger partial charge in [-0.3, -0.25) is 9.48 Å². The van der Waals surface area contributed by atoms with Gasteiger partial charge in [-0.2, -0.15) is 5.10 Å². The second-order valence-corrected chi connectivity index (χ2v) is 5.16. The molecule has 0 fully saturated rings. The molecule has 5 heteroatoms. The molecule has 0 N–H and O–H groups in total. The number of aromatic nitrogens is 2. The van der Waals surface area contributed by atoms with Gasteiger partial charge in [0, 0.05) is 11.8 Å². The minimum Gasteiger partial charge on any atom is -0.457 e. The second-order valence-electron chi connectivity index (χ2n) is 5.16. The van der Waals surface area contributed by atoms with E-state index in [2.05, 4.69) is 5.10 Å². The fourth-order valence-corrected chi connectivity index (χ4v) is 2.25. The Morgan fingerprint density at radius 1 is 1.04 bits per heavy atom. The molecule has 1 aromatic heterocycles. The van der Waals surface area contributed by atoms with Crippen molar-refractivity contribution >= 4 is 5.78 Å². The molecule has 4 nitrogen and oxygen atoms in total. The van der Waals surface area contributed by atoms with Crippen LogP contribution in [0.4, 0.5) is 4.39 Å². The van der Waals surface area contributed by atoms with Crippen LogP contribution in [0.5, 0.6) is 11.5 Å². The third-order valence-electron chi connectivity index (χ3n) is 3.29. The highest BCUT2D eigenvalue weighted by Crippen LogP contribution is 2.25. The van der Waals surface area contributed by atoms with Crippen LogP contribution in [-0.2, 0) is 11.3 Å². The van der Waals surface area contributed by atoms with E-state index in [1.165, 1.54) is 19.1 Å². The Morgan fingerprint density at radius 2 is 1.65 bits per heavy atom. The first-order valence-electron chi connectivity index (χ1n) is 7.17. The summed E-state index contributed by atoms with van der Waals surface area (Å²) in [7, 11) is 0. The fraction of sp³-hybridized carbons (Fsp3) is 0.111. The number of halogens is 1. The Morgan fingerprint density at radius 3 is 2.26 bits per heavy atom. The monoisotopic (exact) mass is 310 g/mol. The Kier molecular flexibility index (Phi) is 4.19. The average molecular weight is 310 g/mol. The minimum atomic E-state index is -0.300. The maximum absolute atomic E-state index is 12.9. The van der Waals surface area contributed by atoms with Crippen molar-refractivity contribution in [2.75, 3.05) is 0 Å². The zero-order valence-electron chi connectivity index (χ0n) is 12.6. The Hall–Kier alpha value is -2.95. The third kappa shape index (κ3) is 3.63. The predicted octanol–water partition coefficient (Wildman–Crippen LogP) is 4.07. The number of hydrogen-bond donors (Lipinski definition) is 0. The first-order valence-corrected chi connectivity index (χ1v) is 7.17. The lowest BCUT2D eigenvalue weighted by molar-refractivity contribution is -0.117. The summed E-state index contributed by atoms with van der Waals surface area (Å²) in [6, 6.07) is 15.1. The fourth-order valence-electron chi connectivity index (χ4n) is 2.25. The molecule has 2 aromatic carbocycles. The van der Waals surface area contributed by atoms with Crippen molar-refractivity contribution in [3.8, 4) is 22.8 Å². The number of Topliss-reactive ketones (excluding diaryl/α,β-unsaturated/α-hetero) is 1. The lowest BCUT2D eigenvalue weighted by Crippen LogP contribution is -2.08. The summed E-state index contributed by atoms with van der Waals surface area (Å²) >= 11 is 0. The first-order chi connectivity index (χ1) is 11.1. The van der Waals surface area contributed by atoms with Crippen molar-refractivity contribution in [3.05, 3.63) is 66.6 Å². The van der Waals surface area contributed by atoms with Gasteiger partial charge in [-0.05, 0) is 61.5 Å². The molecular formula is C18H15FN2O2. The van der Waals surface area contributed by atoms with E-state index < -0.39 is 0 Å². The summed E-state index contributed by atoms with van der Waals surface area (Å²) in [5, 5.41) is 4.16. The van der Waals surface area contributed by atoms with Crippen molar-refractivity contribution in [2.45, 2.75) is 13.5 Å². The number of nitrogens with zero attached hydrogens (tertiary/aromatic N) is 2. The minimum absolute atomic E-state index is 0.0474. The molecule has 1 heterocycles. The van der Waals surface area contributed by atoms with E-state index >= 15 is 0 Å². The Balaban J connectivity index is 1.78. The molecule has 23 heavy (non-hydrogen) atoms. The number of ketones is 1. The molecule has 0 aliphatic rings. The van der Waals surface area contributed by atoms with Crippen LogP contribution in [0.25, 0.3) is 11.3 Å².